The fourth-order valence-corrected chi connectivity index (χ4v) is 4.09. The van der Waals surface area contributed by atoms with Crippen molar-refractivity contribution in [2.45, 2.75) is 32.1 Å². The number of nitrogens with zero attached hydrogens (tertiary/aromatic N) is 1. The van der Waals surface area contributed by atoms with Crippen LogP contribution in [0.3, 0.4) is 0 Å². The summed E-state index contributed by atoms with van der Waals surface area (Å²) in [6.45, 7) is 0.644. The van der Waals surface area contributed by atoms with E-state index in [4.69, 9.17) is 11.6 Å². The summed E-state index contributed by atoms with van der Waals surface area (Å²) in [6, 6.07) is 16.0. The SMILES string of the molecule is O=C(Nc1ccc(Cl)cc1C(=O)NCC1CCCCC1)c1ccc2ccccc2n1. The molecule has 0 bridgehead atoms. The molecule has 1 heterocycles. The zero-order valence-electron chi connectivity index (χ0n) is 16.7. The minimum atomic E-state index is -0.371. The molecule has 0 aliphatic heterocycles. The summed E-state index contributed by atoms with van der Waals surface area (Å²) >= 11 is 6.12. The molecule has 1 aromatic heterocycles. The molecule has 2 aromatic carbocycles. The Morgan fingerprint density at radius 1 is 0.967 bits per heavy atom. The van der Waals surface area contributed by atoms with Gasteiger partial charge in [0.25, 0.3) is 11.8 Å². The number of rotatable bonds is 5. The van der Waals surface area contributed by atoms with Crippen LogP contribution < -0.4 is 10.6 Å². The van der Waals surface area contributed by atoms with E-state index in [2.05, 4.69) is 15.6 Å². The Labute approximate surface area is 180 Å². The highest BCUT2D eigenvalue weighted by Gasteiger charge is 2.18. The predicted octanol–water partition coefficient (Wildman–Crippen LogP) is 5.45. The Hall–Kier alpha value is -2.92. The van der Waals surface area contributed by atoms with E-state index in [0.29, 0.717) is 28.7 Å². The van der Waals surface area contributed by atoms with E-state index in [1.165, 1.54) is 19.3 Å². The molecule has 6 heteroatoms. The Balaban J connectivity index is 1.50. The van der Waals surface area contributed by atoms with Crippen LogP contribution in [0.2, 0.25) is 5.02 Å². The lowest BCUT2D eigenvalue weighted by Crippen LogP contribution is -2.31. The van der Waals surface area contributed by atoms with Crippen molar-refractivity contribution in [1.29, 1.82) is 0 Å². The van der Waals surface area contributed by atoms with Gasteiger partial charge in [0.1, 0.15) is 5.69 Å². The Kier molecular flexibility index (Phi) is 6.29. The van der Waals surface area contributed by atoms with Gasteiger partial charge < -0.3 is 10.6 Å². The number of anilines is 1. The molecule has 154 valence electrons. The second kappa shape index (κ2) is 9.26. The van der Waals surface area contributed by atoms with Crippen LogP contribution in [-0.2, 0) is 0 Å². The van der Waals surface area contributed by atoms with E-state index >= 15 is 0 Å². The van der Waals surface area contributed by atoms with Gasteiger partial charge in [-0.1, -0.05) is 55.1 Å². The summed E-state index contributed by atoms with van der Waals surface area (Å²) in [5.74, 6) is -0.0871. The van der Waals surface area contributed by atoms with Gasteiger partial charge in [0.2, 0.25) is 0 Å². The number of carbonyl (C=O) groups excluding carboxylic acids is 2. The van der Waals surface area contributed by atoms with Crippen LogP contribution in [0.1, 0.15) is 53.0 Å². The van der Waals surface area contributed by atoms with Crippen molar-refractivity contribution in [2.75, 3.05) is 11.9 Å². The first-order valence-electron chi connectivity index (χ1n) is 10.3. The quantitative estimate of drug-likeness (QED) is 0.575. The van der Waals surface area contributed by atoms with Crippen LogP contribution >= 0.6 is 11.6 Å². The maximum Gasteiger partial charge on any atom is 0.274 e. The number of aromatic nitrogens is 1. The van der Waals surface area contributed by atoms with Gasteiger partial charge in [-0.05, 0) is 49.1 Å². The third kappa shape index (κ3) is 4.79. The Morgan fingerprint density at radius 3 is 2.60 bits per heavy atom. The lowest BCUT2D eigenvalue weighted by molar-refractivity contribution is 0.0944. The molecule has 30 heavy (non-hydrogen) atoms. The lowest BCUT2D eigenvalue weighted by atomic mass is 9.89. The number of pyridine rings is 1. The summed E-state index contributed by atoms with van der Waals surface area (Å²) in [4.78, 5) is 30.0. The van der Waals surface area contributed by atoms with Crippen LogP contribution in [0.5, 0.6) is 0 Å². The van der Waals surface area contributed by atoms with E-state index in [1.807, 2.05) is 30.3 Å². The van der Waals surface area contributed by atoms with Crippen molar-refractivity contribution in [1.82, 2.24) is 10.3 Å². The van der Waals surface area contributed by atoms with Gasteiger partial charge in [0.05, 0.1) is 16.8 Å². The fourth-order valence-electron chi connectivity index (χ4n) is 3.92. The maximum absolute atomic E-state index is 12.8. The van der Waals surface area contributed by atoms with Gasteiger partial charge >= 0.3 is 0 Å². The number of benzene rings is 2. The molecule has 2 amide bonds. The summed E-state index contributed by atoms with van der Waals surface area (Å²) in [5.41, 5.74) is 1.80. The molecule has 0 atom stereocenters. The molecule has 0 spiro atoms. The van der Waals surface area contributed by atoms with Crippen molar-refractivity contribution in [2.24, 2.45) is 5.92 Å². The smallest absolute Gasteiger partial charge is 0.274 e. The minimum Gasteiger partial charge on any atom is -0.352 e. The Morgan fingerprint density at radius 2 is 1.77 bits per heavy atom. The average Bonchev–Trinajstić information content (AvgIpc) is 2.79. The molecule has 2 N–H and O–H groups in total. The standard InChI is InChI=1S/C24H24ClN3O2/c25-18-11-13-21(19(14-18)23(29)26-15-16-6-2-1-3-7-16)28-24(30)22-12-10-17-8-4-5-9-20(17)27-22/h4-5,8-14,16H,1-3,6-7,15H2,(H,26,29)(H,28,30). The lowest BCUT2D eigenvalue weighted by Gasteiger charge is -2.22. The fraction of sp³-hybridized carbons (Fsp3) is 0.292. The van der Waals surface area contributed by atoms with Crippen molar-refractivity contribution in [3.05, 3.63) is 70.9 Å². The number of hydrogen-bond acceptors (Lipinski definition) is 3. The van der Waals surface area contributed by atoms with Gasteiger partial charge in [-0.2, -0.15) is 0 Å². The normalized spacial score (nSPS) is 14.4. The molecule has 1 saturated carbocycles. The maximum atomic E-state index is 12.8. The topological polar surface area (TPSA) is 71.1 Å². The largest absolute Gasteiger partial charge is 0.352 e. The van der Waals surface area contributed by atoms with Crippen molar-refractivity contribution in [3.8, 4) is 0 Å². The molecule has 1 aliphatic carbocycles. The number of halogens is 1. The van der Waals surface area contributed by atoms with E-state index in [0.717, 1.165) is 23.7 Å². The summed E-state index contributed by atoms with van der Waals surface area (Å²) < 4.78 is 0. The molecule has 3 aromatic rings. The van der Waals surface area contributed by atoms with E-state index in [9.17, 15) is 9.59 Å². The molecule has 5 nitrogen and oxygen atoms in total. The van der Waals surface area contributed by atoms with Gasteiger partial charge in [-0.15, -0.1) is 0 Å². The highest BCUT2D eigenvalue weighted by Crippen LogP contribution is 2.24. The van der Waals surface area contributed by atoms with Crippen LogP contribution in [0, 0.1) is 5.92 Å². The predicted molar refractivity (Wildman–Crippen MR) is 120 cm³/mol. The third-order valence-corrected chi connectivity index (χ3v) is 5.82. The molecule has 0 radical (unpaired) electrons. The zero-order valence-corrected chi connectivity index (χ0v) is 17.4. The van der Waals surface area contributed by atoms with E-state index in [1.54, 1.807) is 24.3 Å². The zero-order chi connectivity index (χ0) is 20.9. The molecule has 0 saturated heterocycles. The number of nitrogens with one attached hydrogen (secondary N) is 2. The second-order valence-electron chi connectivity index (χ2n) is 7.75. The summed E-state index contributed by atoms with van der Waals surface area (Å²) in [5, 5.41) is 7.23. The van der Waals surface area contributed by atoms with Crippen LogP contribution in [0.4, 0.5) is 5.69 Å². The first kappa shape index (κ1) is 20.4. The first-order valence-corrected chi connectivity index (χ1v) is 10.7. The molecule has 4 rings (SSSR count). The summed E-state index contributed by atoms with van der Waals surface area (Å²) in [7, 11) is 0. The van der Waals surface area contributed by atoms with Gasteiger partial charge in [0.15, 0.2) is 0 Å². The van der Waals surface area contributed by atoms with E-state index in [-0.39, 0.29) is 17.5 Å². The second-order valence-corrected chi connectivity index (χ2v) is 8.18. The van der Waals surface area contributed by atoms with E-state index < -0.39 is 0 Å². The number of fused-ring (bicyclic) bond motifs is 1. The van der Waals surface area contributed by atoms with Gasteiger partial charge in [0, 0.05) is 17.0 Å². The number of carbonyl (C=O) groups is 2. The van der Waals surface area contributed by atoms with Crippen molar-refractivity contribution in [3.63, 3.8) is 0 Å². The van der Waals surface area contributed by atoms with Gasteiger partial charge in [-0.25, -0.2) is 4.98 Å². The molecular weight excluding hydrogens is 398 g/mol. The highest BCUT2D eigenvalue weighted by molar-refractivity contribution is 6.31. The number of hydrogen-bond donors (Lipinski definition) is 2. The summed E-state index contributed by atoms with van der Waals surface area (Å²) in [6.07, 6.45) is 6.01. The van der Waals surface area contributed by atoms with Crippen LogP contribution in [0.15, 0.2) is 54.6 Å². The molecule has 1 fully saturated rings. The third-order valence-electron chi connectivity index (χ3n) is 5.58. The minimum absolute atomic E-state index is 0.232. The molecule has 0 unspecified atom stereocenters. The average molecular weight is 422 g/mol. The molecular formula is C24H24ClN3O2. The van der Waals surface area contributed by atoms with Crippen LogP contribution in [-0.4, -0.2) is 23.3 Å². The van der Waals surface area contributed by atoms with Crippen molar-refractivity contribution >= 4 is 40.0 Å². The van der Waals surface area contributed by atoms with Gasteiger partial charge in [-0.3, -0.25) is 9.59 Å². The first-order chi connectivity index (χ1) is 14.6. The monoisotopic (exact) mass is 421 g/mol. The van der Waals surface area contributed by atoms with Crippen LogP contribution in [0.25, 0.3) is 10.9 Å². The highest BCUT2D eigenvalue weighted by atomic mass is 35.5. The number of para-hydroxylation sites is 1. The van der Waals surface area contributed by atoms with Crippen molar-refractivity contribution < 1.29 is 9.59 Å². The number of amides is 2. The Bertz CT molecular complexity index is 1080. The molecule has 1 aliphatic rings.